The first-order chi connectivity index (χ1) is 11.1. The Morgan fingerprint density at radius 3 is 2.83 bits per heavy atom. The summed E-state index contributed by atoms with van der Waals surface area (Å²) in [5.74, 6) is 0.776. The molecule has 0 radical (unpaired) electrons. The second-order valence-electron chi connectivity index (χ2n) is 6.51. The summed E-state index contributed by atoms with van der Waals surface area (Å²) in [6.07, 6.45) is 6.93. The Balaban J connectivity index is 1.49. The van der Waals surface area contributed by atoms with Crippen LogP contribution < -0.4 is 10.2 Å². The van der Waals surface area contributed by atoms with Crippen molar-refractivity contribution in [3.8, 4) is 0 Å². The Kier molecular flexibility index (Phi) is 3.69. The van der Waals surface area contributed by atoms with Crippen LogP contribution in [0.15, 0.2) is 17.8 Å². The molecule has 2 atom stereocenters. The Labute approximate surface area is 139 Å². The predicted octanol–water partition coefficient (Wildman–Crippen LogP) is 2.03. The van der Waals surface area contributed by atoms with Gasteiger partial charge < -0.3 is 4.90 Å². The molecule has 2 aromatic heterocycles. The molecule has 4 rings (SSSR count). The molecule has 3 heterocycles. The van der Waals surface area contributed by atoms with Crippen LogP contribution in [0.5, 0.6) is 0 Å². The van der Waals surface area contributed by atoms with Crippen molar-refractivity contribution in [3.63, 3.8) is 0 Å². The molecule has 2 fully saturated rings. The minimum atomic E-state index is -0.120. The summed E-state index contributed by atoms with van der Waals surface area (Å²) < 4.78 is 1.73. The number of aryl methyl sites for hydroxylation is 2. The molecule has 1 aliphatic heterocycles. The van der Waals surface area contributed by atoms with E-state index >= 15 is 0 Å². The summed E-state index contributed by atoms with van der Waals surface area (Å²) in [5.41, 5.74) is 1.95. The average Bonchev–Trinajstić information content (AvgIpc) is 2.96. The van der Waals surface area contributed by atoms with Crippen molar-refractivity contribution in [2.24, 2.45) is 13.0 Å². The topological polar surface area (TPSA) is 63.1 Å². The van der Waals surface area contributed by atoms with Gasteiger partial charge in [-0.25, -0.2) is 4.98 Å². The largest absolute Gasteiger partial charge is 0.308 e. The quantitative estimate of drug-likeness (QED) is 0.910. The normalized spacial score (nSPS) is 22.8. The fourth-order valence-electron chi connectivity index (χ4n) is 3.21. The number of anilines is 1. The Bertz CT molecular complexity index is 720. The molecule has 1 amide bonds. The second kappa shape index (κ2) is 5.72. The van der Waals surface area contributed by atoms with Crippen LogP contribution in [0.4, 0.5) is 5.69 Å². The fraction of sp³-hybridized carbons (Fsp3) is 0.562. The van der Waals surface area contributed by atoms with Gasteiger partial charge in [-0.3, -0.25) is 14.8 Å². The van der Waals surface area contributed by atoms with Crippen molar-refractivity contribution >= 4 is 22.9 Å². The summed E-state index contributed by atoms with van der Waals surface area (Å²) in [4.78, 5) is 19.2. The molecule has 122 valence electrons. The molecular formula is C16H21N5OS. The van der Waals surface area contributed by atoms with E-state index in [2.05, 4.69) is 20.8 Å². The van der Waals surface area contributed by atoms with Gasteiger partial charge in [0.15, 0.2) is 0 Å². The smallest absolute Gasteiger partial charge is 0.244 e. The molecule has 2 aliphatic rings. The van der Waals surface area contributed by atoms with Crippen molar-refractivity contribution in [1.29, 1.82) is 0 Å². The van der Waals surface area contributed by atoms with Crippen LogP contribution >= 0.6 is 11.3 Å². The molecule has 1 aliphatic carbocycles. The van der Waals surface area contributed by atoms with E-state index in [9.17, 15) is 4.79 Å². The van der Waals surface area contributed by atoms with Gasteiger partial charge in [-0.2, -0.15) is 5.10 Å². The van der Waals surface area contributed by atoms with Gasteiger partial charge in [0.1, 0.15) is 5.01 Å². The molecule has 1 saturated carbocycles. The summed E-state index contributed by atoms with van der Waals surface area (Å²) in [6.45, 7) is 2.77. The summed E-state index contributed by atoms with van der Waals surface area (Å²) in [6, 6.07) is 0.0986. The number of aromatic nitrogens is 3. The average molecular weight is 331 g/mol. The fourth-order valence-corrected chi connectivity index (χ4v) is 4.16. The van der Waals surface area contributed by atoms with E-state index in [1.807, 2.05) is 25.1 Å². The number of hydrogen-bond acceptors (Lipinski definition) is 5. The molecule has 0 aromatic carbocycles. The van der Waals surface area contributed by atoms with Gasteiger partial charge in [-0.1, -0.05) is 0 Å². The Morgan fingerprint density at radius 1 is 1.39 bits per heavy atom. The minimum Gasteiger partial charge on any atom is -0.308 e. The molecule has 0 bridgehead atoms. The predicted molar refractivity (Wildman–Crippen MR) is 89.4 cm³/mol. The zero-order valence-corrected chi connectivity index (χ0v) is 14.2. The molecule has 1 saturated heterocycles. The highest BCUT2D eigenvalue weighted by Crippen LogP contribution is 2.42. The Morgan fingerprint density at radius 2 is 2.22 bits per heavy atom. The van der Waals surface area contributed by atoms with Gasteiger partial charge in [-0.15, -0.1) is 11.3 Å². The lowest BCUT2D eigenvalue weighted by Crippen LogP contribution is -2.40. The van der Waals surface area contributed by atoms with Gasteiger partial charge in [0, 0.05) is 30.9 Å². The third-order valence-electron chi connectivity index (χ3n) is 4.59. The number of nitrogens with one attached hydrogen (secondary N) is 1. The van der Waals surface area contributed by atoms with Crippen LogP contribution in [0.3, 0.4) is 0 Å². The number of rotatable bonds is 5. The van der Waals surface area contributed by atoms with Gasteiger partial charge in [0.25, 0.3) is 0 Å². The first-order valence-electron chi connectivity index (χ1n) is 8.10. The number of hydrogen-bond donors (Lipinski definition) is 1. The molecule has 1 N–H and O–H groups in total. The highest BCUT2D eigenvalue weighted by molar-refractivity contribution is 7.09. The van der Waals surface area contributed by atoms with E-state index < -0.39 is 0 Å². The third-order valence-corrected chi connectivity index (χ3v) is 5.63. The third kappa shape index (κ3) is 2.90. The van der Waals surface area contributed by atoms with Crippen LogP contribution in [0, 0.1) is 12.8 Å². The van der Waals surface area contributed by atoms with E-state index in [0.29, 0.717) is 5.92 Å². The van der Waals surface area contributed by atoms with Crippen molar-refractivity contribution in [2.45, 2.75) is 38.3 Å². The number of amides is 1. The summed E-state index contributed by atoms with van der Waals surface area (Å²) in [5, 5.41) is 11.0. The zero-order valence-electron chi connectivity index (χ0n) is 13.4. The SMILES string of the molecule is Cc1csc([C@@H](N[C@@H]2CCN(c3cnn(C)c3)C2=O)C2CC2)n1. The molecule has 23 heavy (non-hydrogen) atoms. The highest BCUT2D eigenvalue weighted by Gasteiger charge is 2.40. The van der Waals surface area contributed by atoms with Crippen molar-refractivity contribution < 1.29 is 4.79 Å². The van der Waals surface area contributed by atoms with Crippen LogP contribution in [0.2, 0.25) is 0 Å². The maximum atomic E-state index is 12.7. The molecule has 6 nitrogen and oxygen atoms in total. The summed E-state index contributed by atoms with van der Waals surface area (Å²) >= 11 is 1.70. The number of carbonyl (C=O) groups is 1. The molecule has 0 unspecified atom stereocenters. The number of thiazole rings is 1. The highest BCUT2D eigenvalue weighted by atomic mass is 32.1. The molecule has 7 heteroatoms. The van der Waals surface area contributed by atoms with E-state index in [4.69, 9.17) is 0 Å². The Hall–Kier alpha value is -1.73. The van der Waals surface area contributed by atoms with Crippen LogP contribution in [-0.2, 0) is 11.8 Å². The summed E-state index contributed by atoms with van der Waals surface area (Å²) in [7, 11) is 1.87. The lowest BCUT2D eigenvalue weighted by Gasteiger charge is -2.21. The van der Waals surface area contributed by atoms with Crippen molar-refractivity contribution in [2.75, 3.05) is 11.4 Å². The van der Waals surface area contributed by atoms with Gasteiger partial charge >= 0.3 is 0 Å². The van der Waals surface area contributed by atoms with E-state index in [0.717, 1.165) is 29.4 Å². The zero-order chi connectivity index (χ0) is 16.0. The van der Waals surface area contributed by atoms with Crippen molar-refractivity contribution in [3.05, 3.63) is 28.5 Å². The van der Waals surface area contributed by atoms with E-state index in [1.165, 1.54) is 12.8 Å². The first-order valence-corrected chi connectivity index (χ1v) is 8.98. The van der Waals surface area contributed by atoms with Gasteiger partial charge in [-0.05, 0) is 32.1 Å². The lowest BCUT2D eigenvalue weighted by molar-refractivity contribution is -0.119. The number of nitrogens with zero attached hydrogens (tertiary/aromatic N) is 4. The molecular weight excluding hydrogens is 310 g/mol. The minimum absolute atomic E-state index is 0.120. The molecule has 0 spiro atoms. The lowest BCUT2D eigenvalue weighted by atomic mass is 10.1. The van der Waals surface area contributed by atoms with Crippen LogP contribution in [0.25, 0.3) is 0 Å². The number of carbonyl (C=O) groups excluding carboxylic acids is 1. The van der Waals surface area contributed by atoms with Crippen LogP contribution in [-0.4, -0.2) is 33.3 Å². The van der Waals surface area contributed by atoms with E-state index in [-0.39, 0.29) is 18.0 Å². The maximum Gasteiger partial charge on any atom is 0.244 e. The van der Waals surface area contributed by atoms with E-state index in [1.54, 1.807) is 22.2 Å². The first kappa shape index (κ1) is 14.8. The van der Waals surface area contributed by atoms with Gasteiger partial charge in [0.05, 0.1) is 24.0 Å². The molecule has 2 aromatic rings. The van der Waals surface area contributed by atoms with Gasteiger partial charge in [0.2, 0.25) is 5.91 Å². The monoisotopic (exact) mass is 331 g/mol. The second-order valence-corrected chi connectivity index (χ2v) is 7.40. The van der Waals surface area contributed by atoms with Crippen LogP contribution in [0.1, 0.15) is 36.0 Å². The van der Waals surface area contributed by atoms with Crippen molar-refractivity contribution in [1.82, 2.24) is 20.1 Å². The maximum absolute atomic E-state index is 12.7. The standard InChI is InChI=1S/C16H21N5OS/c1-10-9-23-15(18-10)14(11-3-4-11)19-13-5-6-21(16(13)22)12-7-17-20(2)8-12/h7-9,11,13-14,19H,3-6H2,1-2H3/t13-,14+/m1/s1.